The van der Waals surface area contributed by atoms with Gasteiger partial charge >= 0.3 is 0 Å². The fourth-order valence-electron chi connectivity index (χ4n) is 2.70. The molecule has 0 aromatic rings. The van der Waals surface area contributed by atoms with E-state index in [4.69, 9.17) is 14.2 Å². The van der Waals surface area contributed by atoms with Gasteiger partial charge in [0.2, 0.25) is 5.91 Å². The summed E-state index contributed by atoms with van der Waals surface area (Å²) in [5.41, 5.74) is 0. The first-order valence-corrected chi connectivity index (χ1v) is 7.51. The second-order valence-electron chi connectivity index (χ2n) is 5.33. The number of rotatable bonds is 7. The lowest BCUT2D eigenvalue weighted by molar-refractivity contribution is -0.187. The zero-order valence-corrected chi connectivity index (χ0v) is 12.4. The largest absolute Gasteiger partial charge is 0.385 e. The van der Waals surface area contributed by atoms with E-state index in [1.165, 1.54) is 0 Å². The lowest BCUT2D eigenvalue weighted by Gasteiger charge is -2.37. The number of methoxy groups -OCH3 is 1. The Balaban J connectivity index is 1.57. The Hall–Kier alpha value is -0.690. The van der Waals surface area contributed by atoms with E-state index in [1.54, 1.807) is 7.11 Å². The summed E-state index contributed by atoms with van der Waals surface area (Å²) >= 11 is 0. The van der Waals surface area contributed by atoms with Crippen molar-refractivity contribution < 1.29 is 19.0 Å². The van der Waals surface area contributed by atoms with Gasteiger partial charge in [-0.1, -0.05) is 0 Å². The van der Waals surface area contributed by atoms with Crippen molar-refractivity contribution in [3.8, 4) is 0 Å². The first-order chi connectivity index (χ1) is 9.76. The molecule has 116 valence electrons. The number of hydrogen-bond donors (Lipinski definition) is 1. The van der Waals surface area contributed by atoms with Gasteiger partial charge in [0.05, 0.1) is 13.2 Å². The number of hydrogen-bond acceptors (Lipinski definition) is 5. The molecule has 6 heteroatoms. The molecule has 2 saturated heterocycles. The highest BCUT2D eigenvalue weighted by Gasteiger charge is 2.40. The first kappa shape index (κ1) is 15.7. The summed E-state index contributed by atoms with van der Waals surface area (Å²) < 4.78 is 16.3. The van der Waals surface area contributed by atoms with Gasteiger partial charge in [0.1, 0.15) is 0 Å². The third-order valence-electron chi connectivity index (χ3n) is 3.91. The highest BCUT2D eigenvalue weighted by Crippen LogP contribution is 2.31. The maximum atomic E-state index is 12.1. The lowest BCUT2D eigenvalue weighted by Crippen LogP contribution is -2.47. The van der Waals surface area contributed by atoms with Gasteiger partial charge in [-0.2, -0.15) is 0 Å². The summed E-state index contributed by atoms with van der Waals surface area (Å²) in [5, 5.41) is 3.26. The van der Waals surface area contributed by atoms with E-state index in [-0.39, 0.29) is 5.91 Å². The molecule has 20 heavy (non-hydrogen) atoms. The van der Waals surface area contributed by atoms with Crippen molar-refractivity contribution in [1.29, 1.82) is 0 Å². The molecule has 0 aliphatic carbocycles. The minimum absolute atomic E-state index is 0.220. The van der Waals surface area contributed by atoms with Gasteiger partial charge in [-0.25, -0.2) is 0 Å². The van der Waals surface area contributed by atoms with Crippen molar-refractivity contribution in [2.24, 2.45) is 0 Å². The average molecular weight is 286 g/mol. The molecule has 2 heterocycles. The number of carbonyl (C=O) groups is 1. The van der Waals surface area contributed by atoms with Crippen molar-refractivity contribution in [2.45, 2.75) is 31.5 Å². The molecular weight excluding hydrogens is 260 g/mol. The van der Waals surface area contributed by atoms with Crippen LogP contribution in [0.2, 0.25) is 0 Å². The van der Waals surface area contributed by atoms with Gasteiger partial charge in [0.15, 0.2) is 5.79 Å². The summed E-state index contributed by atoms with van der Waals surface area (Å²) in [6, 6.07) is 0. The van der Waals surface area contributed by atoms with Gasteiger partial charge < -0.3 is 24.4 Å². The van der Waals surface area contributed by atoms with Crippen molar-refractivity contribution in [1.82, 2.24) is 10.2 Å². The fraction of sp³-hybridized carbons (Fsp3) is 0.929. The molecule has 0 bridgehead atoms. The maximum absolute atomic E-state index is 12.1. The smallest absolute Gasteiger partial charge is 0.223 e. The molecule has 0 atom stereocenters. The highest BCUT2D eigenvalue weighted by atomic mass is 16.7. The molecule has 1 amide bonds. The number of ether oxygens (including phenoxy) is 3. The predicted octanol–water partition coefficient (Wildman–Crippen LogP) is 0.368. The van der Waals surface area contributed by atoms with Crippen molar-refractivity contribution in [3.63, 3.8) is 0 Å². The van der Waals surface area contributed by atoms with Crippen LogP contribution in [0, 0.1) is 0 Å². The molecule has 1 spiro atoms. The van der Waals surface area contributed by atoms with E-state index in [9.17, 15) is 4.79 Å². The van der Waals surface area contributed by atoms with Gasteiger partial charge in [-0.3, -0.25) is 4.79 Å². The topological polar surface area (TPSA) is 60.0 Å². The monoisotopic (exact) mass is 286 g/mol. The third-order valence-corrected chi connectivity index (χ3v) is 3.91. The standard InChI is InChI=1S/C14H26N2O4/c1-18-10-2-6-15-7-3-13(17)16-8-4-14(5-9-16)19-11-12-20-14/h15H,2-12H2,1H3. The van der Waals surface area contributed by atoms with Crippen molar-refractivity contribution >= 4 is 5.91 Å². The number of nitrogens with zero attached hydrogens (tertiary/aromatic N) is 1. The molecule has 0 unspecified atom stereocenters. The number of likely N-dealkylation sites (tertiary alicyclic amines) is 1. The van der Waals surface area contributed by atoms with E-state index in [2.05, 4.69) is 5.32 Å². The van der Waals surface area contributed by atoms with Crippen molar-refractivity contribution in [3.05, 3.63) is 0 Å². The molecule has 1 N–H and O–H groups in total. The Kier molecular flexibility index (Phi) is 6.22. The van der Waals surface area contributed by atoms with Crippen LogP contribution in [0.4, 0.5) is 0 Å². The van der Waals surface area contributed by atoms with Crippen LogP contribution in [0.5, 0.6) is 0 Å². The normalized spacial score (nSPS) is 21.6. The molecule has 2 aliphatic rings. The summed E-state index contributed by atoms with van der Waals surface area (Å²) in [7, 11) is 1.70. The zero-order valence-electron chi connectivity index (χ0n) is 12.4. The molecule has 2 aliphatic heterocycles. The molecule has 0 radical (unpaired) electrons. The van der Waals surface area contributed by atoms with Gasteiger partial charge in [0, 0.05) is 52.6 Å². The molecule has 2 rings (SSSR count). The average Bonchev–Trinajstić information content (AvgIpc) is 2.91. The minimum Gasteiger partial charge on any atom is -0.385 e. The zero-order chi connectivity index (χ0) is 14.3. The first-order valence-electron chi connectivity index (χ1n) is 7.51. The summed E-state index contributed by atoms with van der Waals surface area (Å²) in [5.74, 6) is -0.174. The van der Waals surface area contributed by atoms with E-state index in [0.29, 0.717) is 19.6 Å². The van der Waals surface area contributed by atoms with Crippen LogP contribution < -0.4 is 5.32 Å². The van der Waals surface area contributed by atoms with Gasteiger partial charge in [0.25, 0.3) is 0 Å². The van der Waals surface area contributed by atoms with E-state index >= 15 is 0 Å². The van der Waals surface area contributed by atoms with Crippen molar-refractivity contribution in [2.75, 3.05) is 53.1 Å². The second kappa shape index (κ2) is 7.93. The number of piperidine rings is 1. The summed E-state index contributed by atoms with van der Waals surface area (Å²) in [4.78, 5) is 14.0. The molecule has 0 saturated carbocycles. The van der Waals surface area contributed by atoms with Crippen LogP contribution in [0.1, 0.15) is 25.7 Å². The number of nitrogens with one attached hydrogen (secondary N) is 1. The van der Waals surface area contributed by atoms with E-state index in [1.807, 2.05) is 4.90 Å². The molecule has 0 aromatic heterocycles. The molecule has 6 nitrogen and oxygen atoms in total. The third kappa shape index (κ3) is 4.41. The number of amides is 1. The Bertz CT molecular complexity index is 296. The molecular formula is C14H26N2O4. The second-order valence-corrected chi connectivity index (χ2v) is 5.33. The maximum Gasteiger partial charge on any atom is 0.223 e. The van der Waals surface area contributed by atoms with Crippen LogP contribution in [-0.4, -0.2) is 69.7 Å². The SMILES string of the molecule is COCCCNCCC(=O)N1CCC2(CC1)OCCO2. The quantitative estimate of drug-likeness (QED) is 0.685. The van der Waals surface area contributed by atoms with Gasteiger partial charge in [-0.05, 0) is 13.0 Å². The Morgan fingerprint density at radius 3 is 2.60 bits per heavy atom. The Morgan fingerprint density at radius 2 is 1.95 bits per heavy atom. The van der Waals surface area contributed by atoms with Gasteiger partial charge in [-0.15, -0.1) is 0 Å². The molecule has 2 fully saturated rings. The lowest BCUT2D eigenvalue weighted by atomic mass is 10.0. The van der Waals surface area contributed by atoms with Crippen LogP contribution in [0.15, 0.2) is 0 Å². The summed E-state index contributed by atoms with van der Waals surface area (Å²) in [6.45, 7) is 5.22. The Morgan fingerprint density at radius 1 is 1.25 bits per heavy atom. The highest BCUT2D eigenvalue weighted by molar-refractivity contribution is 5.76. The molecule has 0 aromatic carbocycles. The Labute approximate surface area is 120 Å². The minimum atomic E-state index is -0.394. The number of carbonyl (C=O) groups excluding carboxylic acids is 1. The van der Waals surface area contributed by atoms with E-state index < -0.39 is 5.79 Å². The van der Waals surface area contributed by atoms with Crippen LogP contribution in [0.3, 0.4) is 0 Å². The van der Waals surface area contributed by atoms with Crippen LogP contribution >= 0.6 is 0 Å². The van der Waals surface area contributed by atoms with E-state index in [0.717, 1.165) is 52.0 Å². The van der Waals surface area contributed by atoms with Crippen LogP contribution in [-0.2, 0) is 19.0 Å². The fourth-order valence-corrected chi connectivity index (χ4v) is 2.70. The van der Waals surface area contributed by atoms with Crippen LogP contribution in [0.25, 0.3) is 0 Å². The predicted molar refractivity (Wildman–Crippen MR) is 74.4 cm³/mol. The summed E-state index contributed by atoms with van der Waals surface area (Å²) in [6.07, 6.45) is 3.12.